The third-order valence-electron chi connectivity index (χ3n) is 6.01. The van der Waals surface area contributed by atoms with Gasteiger partial charge in [0.25, 0.3) is 5.91 Å². The van der Waals surface area contributed by atoms with Crippen molar-refractivity contribution < 1.29 is 18.0 Å². The Kier molecular flexibility index (Phi) is 5.85. The Balaban J connectivity index is 1.54. The van der Waals surface area contributed by atoms with Gasteiger partial charge in [-0.3, -0.25) is 9.59 Å². The maximum atomic E-state index is 12.9. The van der Waals surface area contributed by atoms with Gasteiger partial charge in [-0.2, -0.15) is 0 Å². The Labute approximate surface area is 182 Å². The molecule has 2 aliphatic rings. The summed E-state index contributed by atoms with van der Waals surface area (Å²) in [5, 5.41) is 5.70. The number of rotatable bonds is 5. The van der Waals surface area contributed by atoms with Crippen molar-refractivity contribution in [2.45, 2.75) is 56.9 Å². The van der Waals surface area contributed by atoms with E-state index in [1.165, 1.54) is 6.07 Å². The molecule has 2 aromatic carbocycles. The predicted molar refractivity (Wildman–Crippen MR) is 120 cm³/mol. The Bertz CT molecular complexity index is 1140. The first kappa shape index (κ1) is 21.5. The first-order chi connectivity index (χ1) is 14.7. The van der Waals surface area contributed by atoms with Gasteiger partial charge in [-0.1, -0.05) is 25.8 Å². The quantitative estimate of drug-likeness (QED) is 0.659. The van der Waals surface area contributed by atoms with E-state index in [1.807, 2.05) is 13.0 Å². The van der Waals surface area contributed by atoms with Crippen LogP contribution in [0.3, 0.4) is 0 Å². The fourth-order valence-corrected chi connectivity index (χ4v) is 5.78. The number of hydrogen-bond acceptors (Lipinski definition) is 4. The lowest BCUT2D eigenvalue weighted by atomic mass is 9.94. The van der Waals surface area contributed by atoms with Gasteiger partial charge in [0.05, 0.1) is 4.90 Å². The summed E-state index contributed by atoms with van der Waals surface area (Å²) < 4.78 is 28.5. The van der Waals surface area contributed by atoms with Gasteiger partial charge in [0.1, 0.15) is 0 Å². The highest BCUT2D eigenvalue weighted by Crippen LogP contribution is 2.28. The van der Waals surface area contributed by atoms with Gasteiger partial charge in [0, 0.05) is 28.9 Å². The molecule has 1 fully saturated rings. The van der Waals surface area contributed by atoms with E-state index in [9.17, 15) is 18.0 Å². The molecule has 8 heteroatoms. The maximum absolute atomic E-state index is 12.9. The molecule has 4 rings (SSSR count). The second-order valence-corrected chi connectivity index (χ2v) is 10.2. The third-order valence-corrected chi connectivity index (χ3v) is 7.67. The molecule has 7 nitrogen and oxygen atoms in total. The van der Waals surface area contributed by atoms with Gasteiger partial charge in [-0.05, 0) is 67.6 Å². The molecular weight excluding hydrogens is 414 g/mol. The first-order valence-corrected chi connectivity index (χ1v) is 12.1. The van der Waals surface area contributed by atoms with Crippen LogP contribution < -0.4 is 15.4 Å². The van der Waals surface area contributed by atoms with E-state index < -0.39 is 10.0 Å². The van der Waals surface area contributed by atoms with Crippen LogP contribution in [0.4, 0.5) is 11.4 Å². The summed E-state index contributed by atoms with van der Waals surface area (Å²) in [6.07, 6.45) is 4.34. The van der Waals surface area contributed by atoms with E-state index >= 15 is 0 Å². The largest absolute Gasteiger partial charge is 0.326 e. The lowest BCUT2D eigenvalue weighted by molar-refractivity contribution is -0.119. The predicted octanol–water partition coefficient (Wildman–Crippen LogP) is 3.60. The molecular formula is C23H27N3O4S. The molecule has 0 bridgehead atoms. The second-order valence-electron chi connectivity index (χ2n) is 8.50. The molecule has 1 saturated carbocycles. The monoisotopic (exact) mass is 441 g/mol. The minimum Gasteiger partial charge on any atom is -0.326 e. The normalized spacial score (nSPS) is 19.0. The minimum atomic E-state index is -3.70. The highest BCUT2D eigenvalue weighted by Gasteiger charge is 2.26. The van der Waals surface area contributed by atoms with E-state index in [0.717, 1.165) is 36.9 Å². The summed E-state index contributed by atoms with van der Waals surface area (Å²) >= 11 is 0. The van der Waals surface area contributed by atoms with E-state index in [2.05, 4.69) is 15.4 Å². The Morgan fingerprint density at radius 1 is 1.10 bits per heavy atom. The molecule has 1 heterocycles. The highest BCUT2D eigenvalue weighted by molar-refractivity contribution is 7.89. The van der Waals surface area contributed by atoms with Crippen LogP contribution in [-0.4, -0.2) is 26.3 Å². The SMILES string of the molecule is Cc1ccc(C(=O)Nc2ccc3c(c2)CC(C)C(=O)N3)cc1S(=O)(=O)NC1CCCC1. The summed E-state index contributed by atoms with van der Waals surface area (Å²) in [6.45, 7) is 3.58. The molecule has 164 valence electrons. The molecule has 1 unspecified atom stereocenters. The number of carbonyl (C=O) groups is 2. The van der Waals surface area contributed by atoms with Crippen molar-refractivity contribution in [1.29, 1.82) is 0 Å². The van der Waals surface area contributed by atoms with Gasteiger partial charge in [-0.25, -0.2) is 13.1 Å². The molecule has 2 amide bonds. The molecule has 2 aromatic rings. The molecule has 0 radical (unpaired) electrons. The van der Waals surface area contributed by atoms with Crippen LogP contribution >= 0.6 is 0 Å². The molecule has 0 aromatic heterocycles. The van der Waals surface area contributed by atoms with Crippen LogP contribution in [-0.2, 0) is 21.2 Å². The number of aryl methyl sites for hydroxylation is 1. The zero-order valence-electron chi connectivity index (χ0n) is 17.7. The Morgan fingerprint density at radius 2 is 1.84 bits per heavy atom. The van der Waals surface area contributed by atoms with Gasteiger partial charge in [0.2, 0.25) is 15.9 Å². The smallest absolute Gasteiger partial charge is 0.255 e. The highest BCUT2D eigenvalue weighted by atomic mass is 32.2. The number of fused-ring (bicyclic) bond motifs is 1. The van der Waals surface area contributed by atoms with Crippen LogP contribution in [0.25, 0.3) is 0 Å². The van der Waals surface area contributed by atoms with E-state index in [1.54, 1.807) is 31.2 Å². The number of sulfonamides is 1. The standard InChI is InChI=1S/C23H27N3O4S/c1-14-7-8-16(13-21(14)31(29,30)26-18-5-3-4-6-18)23(28)24-19-9-10-20-17(12-19)11-15(2)22(27)25-20/h7-10,12-13,15,18,26H,3-6,11H2,1-2H3,(H,24,28)(H,25,27). The number of hydrogen-bond donors (Lipinski definition) is 3. The number of benzene rings is 2. The van der Waals surface area contributed by atoms with Crippen molar-refractivity contribution in [3.63, 3.8) is 0 Å². The Morgan fingerprint density at radius 3 is 2.58 bits per heavy atom. The topological polar surface area (TPSA) is 104 Å². The van der Waals surface area contributed by atoms with E-state index in [0.29, 0.717) is 17.7 Å². The molecule has 3 N–H and O–H groups in total. The number of carbonyl (C=O) groups excluding carboxylic acids is 2. The van der Waals surface area contributed by atoms with Crippen molar-refractivity contribution >= 4 is 33.2 Å². The summed E-state index contributed by atoms with van der Waals surface area (Å²) in [5.74, 6) is -0.523. The number of amides is 2. The average Bonchev–Trinajstić information content (AvgIpc) is 3.21. The minimum absolute atomic E-state index is 0.0103. The zero-order chi connectivity index (χ0) is 22.2. The van der Waals surface area contributed by atoms with Crippen molar-refractivity contribution in [2.75, 3.05) is 10.6 Å². The number of anilines is 2. The van der Waals surface area contributed by atoms with Gasteiger partial charge in [-0.15, -0.1) is 0 Å². The van der Waals surface area contributed by atoms with E-state index in [4.69, 9.17) is 0 Å². The molecule has 31 heavy (non-hydrogen) atoms. The molecule has 1 atom stereocenters. The van der Waals surface area contributed by atoms with Crippen molar-refractivity contribution in [2.24, 2.45) is 5.92 Å². The first-order valence-electron chi connectivity index (χ1n) is 10.6. The number of nitrogens with one attached hydrogen (secondary N) is 3. The van der Waals surface area contributed by atoms with Crippen molar-refractivity contribution in [1.82, 2.24) is 4.72 Å². The van der Waals surface area contributed by atoms with Crippen LogP contribution in [0.15, 0.2) is 41.3 Å². The third kappa shape index (κ3) is 4.65. The van der Waals surface area contributed by atoms with Crippen LogP contribution in [0.2, 0.25) is 0 Å². The lowest BCUT2D eigenvalue weighted by Crippen LogP contribution is -2.33. The van der Waals surface area contributed by atoms with Crippen LogP contribution in [0, 0.1) is 12.8 Å². The summed E-state index contributed by atoms with van der Waals surface area (Å²) in [6, 6.07) is 10.0. The Hall–Kier alpha value is -2.71. The average molecular weight is 442 g/mol. The van der Waals surface area contributed by atoms with Crippen molar-refractivity contribution in [3.05, 3.63) is 53.1 Å². The van der Waals surface area contributed by atoms with Crippen LogP contribution in [0.1, 0.15) is 54.1 Å². The fraction of sp³-hybridized carbons (Fsp3) is 0.391. The van der Waals surface area contributed by atoms with Gasteiger partial charge in [0.15, 0.2) is 0 Å². The maximum Gasteiger partial charge on any atom is 0.255 e. The van der Waals surface area contributed by atoms with Gasteiger partial charge >= 0.3 is 0 Å². The lowest BCUT2D eigenvalue weighted by Gasteiger charge is -2.22. The fourth-order valence-electron chi connectivity index (χ4n) is 4.20. The second kappa shape index (κ2) is 8.43. The van der Waals surface area contributed by atoms with Gasteiger partial charge < -0.3 is 10.6 Å². The zero-order valence-corrected chi connectivity index (χ0v) is 18.5. The molecule has 1 aliphatic carbocycles. The summed E-state index contributed by atoms with van der Waals surface area (Å²) in [7, 11) is -3.70. The molecule has 1 aliphatic heterocycles. The van der Waals surface area contributed by atoms with E-state index in [-0.39, 0.29) is 34.2 Å². The molecule has 0 spiro atoms. The summed E-state index contributed by atoms with van der Waals surface area (Å²) in [5.41, 5.74) is 3.18. The van der Waals surface area contributed by atoms with Crippen LogP contribution in [0.5, 0.6) is 0 Å². The van der Waals surface area contributed by atoms with Crippen molar-refractivity contribution in [3.8, 4) is 0 Å². The summed E-state index contributed by atoms with van der Waals surface area (Å²) in [4.78, 5) is 24.8. The molecule has 0 saturated heterocycles.